The van der Waals surface area contributed by atoms with E-state index in [0.29, 0.717) is 24.7 Å². The number of amides is 1. The smallest absolute Gasteiger partial charge is 0.329 e. The van der Waals surface area contributed by atoms with Crippen LogP contribution in [0.25, 0.3) is 0 Å². The van der Waals surface area contributed by atoms with Gasteiger partial charge in [-0.05, 0) is 67.1 Å². The fourth-order valence-corrected chi connectivity index (χ4v) is 4.46. The van der Waals surface area contributed by atoms with Gasteiger partial charge in [-0.3, -0.25) is 4.79 Å². The van der Waals surface area contributed by atoms with Crippen LogP contribution in [0.2, 0.25) is 0 Å². The van der Waals surface area contributed by atoms with Gasteiger partial charge in [0.05, 0.1) is 18.1 Å². The van der Waals surface area contributed by atoms with E-state index in [1.165, 1.54) is 0 Å². The molecule has 0 heterocycles. The number of aliphatic carboxylic acids is 1. The van der Waals surface area contributed by atoms with Crippen molar-refractivity contribution < 1.29 is 14.7 Å². The van der Waals surface area contributed by atoms with Crippen molar-refractivity contribution in [3.63, 3.8) is 0 Å². The van der Waals surface area contributed by atoms with E-state index in [4.69, 9.17) is 0 Å². The van der Waals surface area contributed by atoms with Crippen LogP contribution >= 0.6 is 0 Å². The van der Waals surface area contributed by atoms with Crippen molar-refractivity contribution in [3.05, 3.63) is 34.4 Å². The predicted octanol–water partition coefficient (Wildman–Crippen LogP) is 3.76. The van der Waals surface area contributed by atoms with E-state index in [0.717, 1.165) is 67.2 Å². The van der Waals surface area contributed by atoms with Gasteiger partial charge in [-0.1, -0.05) is 31.4 Å². The number of hydrogen-bond donors (Lipinski definition) is 2. The number of carboxylic acid groups (broad SMARTS) is 1. The molecule has 3 aliphatic carbocycles. The minimum Gasteiger partial charge on any atom is -0.480 e. The molecule has 0 spiro atoms. The zero-order valence-electron chi connectivity index (χ0n) is 15.6. The average Bonchev–Trinajstić information content (AvgIpc) is 3.55. The summed E-state index contributed by atoms with van der Waals surface area (Å²) in [5.74, 6) is -0.257. The molecule has 0 radical (unpaired) electrons. The Morgan fingerprint density at radius 2 is 1.63 bits per heavy atom. The van der Waals surface area contributed by atoms with E-state index in [1.807, 2.05) is 12.1 Å². The zero-order valence-corrected chi connectivity index (χ0v) is 15.6. The van der Waals surface area contributed by atoms with E-state index < -0.39 is 11.5 Å². The minimum absolute atomic E-state index is 0.181. The Hall–Kier alpha value is -2.35. The molecule has 0 aliphatic heterocycles. The van der Waals surface area contributed by atoms with Gasteiger partial charge in [0.1, 0.15) is 5.54 Å². The number of benzene rings is 1. The molecule has 0 atom stereocenters. The summed E-state index contributed by atoms with van der Waals surface area (Å²) in [4.78, 5) is 24.5. The summed E-state index contributed by atoms with van der Waals surface area (Å²) in [6, 6.07) is 6.42. The Kier molecular flexibility index (Phi) is 4.67. The summed E-state index contributed by atoms with van der Waals surface area (Å²) in [6.07, 6.45) is 8.31. The molecule has 27 heavy (non-hydrogen) atoms. The molecule has 1 amide bonds. The van der Waals surface area contributed by atoms with Gasteiger partial charge in [-0.2, -0.15) is 5.26 Å². The molecule has 0 bridgehead atoms. The van der Waals surface area contributed by atoms with Crippen LogP contribution in [-0.4, -0.2) is 22.5 Å². The van der Waals surface area contributed by atoms with E-state index in [-0.39, 0.29) is 12.3 Å². The van der Waals surface area contributed by atoms with E-state index in [1.54, 1.807) is 0 Å². The van der Waals surface area contributed by atoms with Crippen molar-refractivity contribution in [3.8, 4) is 6.07 Å². The lowest BCUT2D eigenvalue weighted by Crippen LogP contribution is -2.56. The fourth-order valence-electron chi connectivity index (χ4n) is 4.46. The van der Waals surface area contributed by atoms with Gasteiger partial charge < -0.3 is 10.4 Å². The minimum atomic E-state index is -1.11. The number of carbonyl (C=O) groups is 2. The van der Waals surface area contributed by atoms with Gasteiger partial charge in [-0.15, -0.1) is 0 Å². The molecular formula is C22H26N2O3. The SMILES string of the molecule is N#Cc1c(C2CC2)cc(CC(=O)NC2(C(=O)O)CCCCC2)cc1C1CC1. The lowest BCUT2D eigenvalue weighted by molar-refractivity contribution is -0.149. The number of nitrogens with zero attached hydrogens (tertiary/aromatic N) is 1. The molecule has 0 saturated heterocycles. The lowest BCUT2D eigenvalue weighted by Gasteiger charge is -2.34. The van der Waals surface area contributed by atoms with E-state index in [9.17, 15) is 20.0 Å². The largest absolute Gasteiger partial charge is 0.480 e. The predicted molar refractivity (Wildman–Crippen MR) is 100 cm³/mol. The number of carbonyl (C=O) groups excluding carboxylic acids is 1. The molecule has 3 aliphatic rings. The van der Waals surface area contributed by atoms with Gasteiger partial charge in [-0.25, -0.2) is 4.79 Å². The van der Waals surface area contributed by atoms with Gasteiger partial charge in [0.2, 0.25) is 5.91 Å². The molecule has 1 aromatic rings. The summed E-state index contributed by atoms with van der Waals surface area (Å²) in [6.45, 7) is 0. The summed E-state index contributed by atoms with van der Waals surface area (Å²) in [7, 11) is 0. The van der Waals surface area contributed by atoms with Crippen molar-refractivity contribution >= 4 is 11.9 Å². The third-order valence-corrected chi connectivity index (χ3v) is 6.27. The van der Waals surface area contributed by atoms with Crippen LogP contribution in [0.3, 0.4) is 0 Å². The van der Waals surface area contributed by atoms with Gasteiger partial charge in [0, 0.05) is 0 Å². The van der Waals surface area contributed by atoms with Crippen LogP contribution in [0, 0.1) is 11.3 Å². The van der Waals surface area contributed by atoms with E-state index in [2.05, 4.69) is 11.4 Å². The second-order valence-corrected chi connectivity index (χ2v) is 8.48. The number of rotatable bonds is 6. The molecule has 142 valence electrons. The highest BCUT2D eigenvalue weighted by atomic mass is 16.4. The highest BCUT2D eigenvalue weighted by Crippen LogP contribution is 2.47. The molecular weight excluding hydrogens is 340 g/mol. The van der Waals surface area contributed by atoms with Gasteiger partial charge in [0.25, 0.3) is 0 Å². The van der Waals surface area contributed by atoms with Gasteiger partial charge >= 0.3 is 5.97 Å². The van der Waals surface area contributed by atoms with Crippen molar-refractivity contribution in [2.75, 3.05) is 0 Å². The third kappa shape index (κ3) is 3.71. The van der Waals surface area contributed by atoms with Crippen molar-refractivity contribution in [2.24, 2.45) is 0 Å². The van der Waals surface area contributed by atoms with Crippen molar-refractivity contribution in [2.45, 2.75) is 81.6 Å². The highest BCUT2D eigenvalue weighted by Gasteiger charge is 2.41. The number of hydrogen-bond acceptors (Lipinski definition) is 3. The first-order chi connectivity index (χ1) is 13.0. The average molecular weight is 366 g/mol. The second kappa shape index (κ2) is 6.99. The van der Waals surface area contributed by atoms with Crippen LogP contribution in [0.4, 0.5) is 0 Å². The Labute approximate surface area is 159 Å². The van der Waals surface area contributed by atoms with Crippen molar-refractivity contribution in [1.82, 2.24) is 5.32 Å². The van der Waals surface area contributed by atoms with E-state index >= 15 is 0 Å². The van der Waals surface area contributed by atoms with Crippen LogP contribution in [0.5, 0.6) is 0 Å². The Morgan fingerprint density at radius 3 is 2.07 bits per heavy atom. The number of nitrogens with one attached hydrogen (secondary N) is 1. The molecule has 1 aromatic carbocycles. The highest BCUT2D eigenvalue weighted by molar-refractivity contribution is 5.88. The van der Waals surface area contributed by atoms with Gasteiger partial charge in [0.15, 0.2) is 0 Å². The Balaban J connectivity index is 1.56. The lowest BCUT2D eigenvalue weighted by atomic mass is 9.81. The second-order valence-electron chi connectivity index (χ2n) is 8.48. The molecule has 2 N–H and O–H groups in total. The first kappa shape index (κ1) is 18.0. The first-order valence-electron chi connectivity index (χ1n) is 10.1. The summed E-state index contributed by atoms with van der Waals surface area (Å²) < 4.78 is 0. The Bertz CT molecular complexity index is 776. The molecule has 3 fully saturated rings. The molecule has 5 nitrogen and oxygen atoms in total. The van der Waals surface area contributed by atoms with Crippen LogP contribution in [0.1, 0.15) is 91.9 Å². The number of carboxylic acids is 1. The topological polar surface area (TPSA) is 90.2 Å². The first-order valence-corrected chi connectivity index (χ1v) is 10.1. The molecule has 4 rings (SSSR count). The monoisotopic (exact) mass is 366 g/mol. The van der Waals surface area contributed by atoms with Crippen LogP contribution < -0.4 is 5.32 Å². The molecule has 0 unspecified atom stereocenters. The summed E-state index contributed by atoms with van der Waals surface area (Å²) in [5, 5.41) is 22.1. The Morgan fingerprint density at radius 1 is 1.07 bits per heavy atom. The maximum absolute atomic E-state index is 12.7. The summed E-state index contributed by atoms with van der Waals surface area (Å²) >= 11 is 0. The fraction of sp³-hybridized carbons (Fsp3) is 0.591. The standard InChI is InChI=1S/C22H26N2O3/c23-13-19-17(15-4-5-15)10-14(11-18(19)16-6-7-16)12-20(25)24-22(21(26)27)8-2-1-3-9-22/h10-11,15-16H,1-9,12H2,(H,24,25)(H,26,27). The van der Waals surface area contributed by atoms with Crippen LogP contribution in [-0.2, 0) is 16.0 Å². The van der Waals surface area contributed by atoms with Crippen LogP contribution in [0.15, 0.2) is 12.1 Å². The molecule has 0 aromatic heterocycles. The maximum Gasteiger partial charge on any atom is 0.329 e. The zero-order chi connectivity index (χ0) is 19.0. The quantitative estimate of drug-likeness (QED) is 0.802. The summed E-state index contributed by atoms with van der Waals surface area (Å²) in [5.41, 5.74) is 2.80. The maximum atomic E-state index is 12.7. The molecule has 3 saturated carbocycles. The normalized spacial score (nSPS) is 21.3. The van der Waals surface area contributed by atoms with Crippen molar-refractivity contribution in [1.29, 1.82) is 5.26 Å². The number of nitriles is 1. The molecule has 5 heteroatoms. The third-order valence-electron chi connectivity index (χ3n) is 6.27.